The summed E-state index contributed by atoms with van der Waals surface area (Å²) in [4.78, 5) is 0. The topological polar surface area (TPSA) is 59.1 Å². The van der Waals surface area contributed by atoms with Crippen molar-refractivity contribution in [2.24, 2.45) is 5.73 Å². The highest BCUT2D eigenvalue weighted by atomic mass is 79.9. The van der Waals surface area contributed by atoms with Crippen molar-refractivity contribution in [1.82, 2.24) is 0 Å². The Morgan fingerprint density at radius 2 is 1.72 bits per heavy atom. The Labute approximate surface area is 114 Å². The second-order valence-electron chi connectivity index (χ2n) is 3.95. The van der Waals surface area contributed by atoms with Crippen LogP contribution in [0.5, 0.6) is 11.5 Å². The van der Waals surface area contributed by atoms with Crippen molar-refractivity contribution in [3.8, 4) is 11.5 Å². The number of hydrogen-bond donors (Lipinski definition) is 2. The summed E-state index contributed by atoms with van der Waals surface area (Å²) in [5, 5.41) is 7.42. The Balaban J connectivity index is 2.22. The minimum Gasteiger partial charge on any atom is -0.457 e. The zero-order valence-electron chi connectivity index (χ0n) is 9.91. The number of rotatable bonds is 3. The quantitative estimate of drug-likeness (QED) is 0.668. The van der Waals surface area contributed by atoms with Crippen LogP contribution >= 0.6 is 15.9 Å². The molecule has 0 amide bonds. The lowest BCUT2D eigenvalue weighted by atomic mass is 10.1. The fraction of sp³-hybridized carbons (Fsp3) is 0.0714. The largest absolute Gasteiger partial charge is 0.457 e. The molecular weight excluding hydrogens is 292 g/mol. The molecule has 2 aromatic carbocycles. The summed E-state index contributed by atoms with van der Waals surface area (Å²) in [6, 6.07) is 13.1. The lowest BCUT2D eigenvalue weighted by molar-refractivity contribution is 0.482. The van der Waals surface area contributed by atoms with Gasteiger partial charge in [0.25, 0.3) is 0 Å². The van der Waals surface area contributed by atoms with Gasteiger partial charge >= 0.3 is 0 Å². The Kier molecular flexibility index (Phi) is 3.67. The van der Waals surface area contributed by atoms with Crippen LogP contribution in [0.25, 0.3) is 0 Å². The normalized spacial score (nSPS) is 10.1. The van der Waals surface area contributed by atoms with E-state index >= 15 is 0 Å². The summed E-state index contributed by atoms with van der Waals surface area (Å²) in [5.74, 6) is 1.58. The number of benzene rings is 2. The molecule has 0 spiro atoms. The molecule has 0 radical (unpaired) electrons. The molecule has 92 valence electrons. The van der Waals surface area contributed by atoms with Crippen molar-refractivity contribution in [3.63, 3.8) is 0 Å². The van der Waals surface area contributed by atoms with E-state index in [1.165, 1.54) is 0 Å². The molecule has 0 aliphatic heterocycles. The minimum absolute atomic E-state index is 0.0719. The van der Waals surface area contributed by atoms with Crippen molar-refractivity contribution < 1.29 is 4.74 Å². The van der Waals surface area contributed by atoms with E-state index in [9.17, 15) is 0 Å². The molecule has 18 heavy (non-hydrogen) atoms. The number of halogens is 1. The first kappa shape index (κ1) is 12.6. The molecule has 0 heterocycles. The predicted octanol–water partition coefficient (Wildman–Crippen LogP) is 3.83. The van der Waals surface area contributed by atoms with E-state index in [1.807, 2.05) is 43.3 Å². The van der Waals surface area contributed by atoms with Crippen LogP contribution in [0, 0.1) is 12.3 Å². The highest BCUT2D eigenvalue weighted by molar-refractivity contribution is 9.10. The molecule has 0 aromatic heterocycles. The number of hydrogen-bond acceptors (Lipinski definition) is 2. The van der Waals surface area contributed by atoms with Crippen LogP contribution in [0.1, 0.15) is 11.1 Å². The molecule has 4 heteroatoms. The van der Waals surface area contributed by atoms with Gasteiger partial charge in [0, 0.05) is 10.0 Å². The number of amidine groups is 1. The van der Waals surface area contributed by atoms with Gasteiger partial charge in [-0.15, -0.1) is 0 Å². The van der Waals surface area contributed by atoms with E-state index in [0.29, 0.717) is 0 Å². The first-order chi connectivity index (χ1) is 8.56. The monoisotopic (exact) mass is 304 g/mol. The molecule has 0 aliphatic rings. The predicted molar refractivity (Wildman–Crippen MR) is 76.4 cm³/mol. The molecule has 0 unspecified atom stereocenters. The van der Waals surface area contributed by atoms with Crippen molar-refractivity contribution in [2.75, 3.05) is 0 Å². The third kappa shape index (κ3) is 2.90. The van der Waals surface area contributed by atoms with Gasteiger partial charge in [-0.05, 0) is 55.0 Å². The van der Waals surface area contributed by atoms with Gasteiger partial charge < -0.3 is 10.5 Å². The summed E-state index contributed by atoms with van der Waals surface area (Å²) in [6.45, 7) is 1.91. The number of nitrogen functional groups attached to an aromatic ring is 1. The van der Waals surface area contributed by atoms with E-state index in [2.05, 4.69) is 15.9 Å². The van der Waals surface area contributed by atoms with Crippen LogP contribution in [0.3, 0.4) is 0 Å². The number of aryl methyl sites for hydroxylation is 1. The van der Waals surface area contributed by atoms with Gasteiger partial charge in [-0.2, -0.15) is 0 Å². The molecule has 0 aliphatic carbocycles. The lowest BCUT2D eigenvalue weighted by Gasteiger charge is -2.09. The number of ether oxygens (including phenoxy) is 1. The van der Waals surface area contributed by atoms with Crippen LogP contribution in [0.4, 0.5) is 0 Å². The number of nitrogens with two attached hydrogens (primary N) is 1. The molecule has 0 saturated carbocycles. The summed E-state index contributed by atoms with van der Waals surface area (Å²) >= 11 is 3.37. The fourth-order valence-electron chi connectivity index (χ4n) is 1.64. The third-order valence-corrected chi connectivity index (χ3v) is 3.07. The third-order valence-electron chi connectivity index (χ3n) is 2.54. The molecule has 0 atom stereocenters. The van der Waals surface area contributed by atoms with Gasteiger partial charge in [-0.25, -0.2) is 0 Å². The summed E-state index contributed by atoms with van der Waals surface area (Å²) in [7, 11) is 0. The second-order valence-corrected chi connectivity index (χ2v) is 4.86. The van der Waals surface area contributed by atoms with Crippen LogP contribution in [-0.4, -0.2) is 5.84 Å². The molecule has 3 nitrogen and oxygen atoms in total. The second kappa shape index (κ2) is 5.23. The van der Waals surface area contributed by atoms with Crippen molar-refractivity contribution in [3.05, 3.63) is 58.1 Å². The van der Waals surface area contributed by atoms with Gasteiger partial charge in [0.15, 0.2) is 0 Å². The van der Waals surface area contributed by atoms with Crippen LogP contribution in [0.2, 0.25) is 0 Å². The highest BCUT2D eigenvalue weighted by Gasteiger charge is 2.04. The van der Waals surface area contributed by atoms with E-state index in [4.69, 9.17) is 15.9 Å². The molecule has 0 fully saturated rings. The van der Waals surface area contributed by atoms with Crippen molar-refractivity contribution in [2.45, 2.75) is 6.92 Å². The first-order valence-electron chi connectivity index (χ1n) is 5.45. The lowest BCUT2D eigenvalue weighted by Crippen LogP contribution is -2.12. The van der Waals surface area contributed by atoms with Crippen LogP contribution < -0.4 is 10.5 Å². The highest BCUT2D eigenvalue weighted by Crippen LogP contribution is 2.25. The molecule has 0 saturated heterocycles. The average molecular weight is 305 g/mol. The molecule has 2 aromatic rings. The maximum Gasteiger partial charge on any atom is 0.127 e. The summed E-state index contributed by atoms with van der Waals surface area (Å²) < 4.78 is 6.73. The first-order valence-corrected chi connectivity index (χ1v) is 6.24. The van der Waals surface area contributed by atoms with Gasteiger partial charge in [-0.1, -0.05) is 15.9 Å². The van der Waals surface area contributed by atoms with E-state index in [1.54, 1.807) is 6.07 Å². The average Bonchev–Trinajstić information content (AvgIpc) is 2.32. The molecule has 0 bridgehead atoms. The van der Waals surface area contributed by atoms with Crippen molar-refractivity contribution in [1.29, 1.82) is 5.41 Å². The Bertz CT molecular complexity index is 579. The molecular formula is C14H13BrN2O. The maximum absolute atomic E-state index is 7.42. The van der Waals surface area contributed by atoms with Gasteiger partial charge in [0.2, 0.25) is 0 Å². The maximum atomic E-state index is 7.42. The number of nitrogens with one attached hydrogen (secondary N) is 1. The zero-order chi connectivity index (χ0) is 13.1. The SMILES string of the molecule is Cc1cc(Oc2ccc(Br)cc2)ccc1C(=N)N. The van der Waals surface area contributed by atoms with Crippen LogP contribution in [0.15, 0.2) is 46.9 Å². The Hall–Kier alpha value is -1.81. The summed E-state index contributed by atoms with van der Waals surface area (Å²) in [6.07, 6.45) is 0. The Morgan fingerprint density at radius 1 is 1.11 bits per heavy atom. The standard InChI is InChI=1S/C14H13BrN2O/c1-9-8-12(6-7-13(9)14(16)17)18-11-4-2-10(15)3-5-11/h2-8H,1H3,(H3,16,17). The molecule has 2 rings (SSSR count). The zero-order valence-corrected chi connectivity index (χ0v) is 11.5. The van der Waals surface area contributed by atoms with Crippen LogP contribution in [-0.2, 0) is 0 Å². The van der Waals surface area contributed by atoms with Gasteiger partial charge in [0.1, 0.15) is 17.3 Å². The summed E-state index contributed by atoms with van der Waals surface area (Å²) in [5.41, 5.74) is 7.13. The Morgan fingerprint density at radius 3 is 2.28 bits per heavy atom. The van der Waals surface area contributed by atoms with Gasteiger partial charge in [0.05, 0.1) is 0 Å². The van der Waals surface area contributed by atoms with E-state index < -0.39 is 0 Å². The smallest absolute Gasteiger partial charge is 0.127 e. The van der Waals surface area contributed by atoms with Crippen molar-refractivity contribution >= 4 is 21.8 Å². The van der Waals surface area contributed by atoms with E-state index in [-0.39, 0.29) is 5.84 Å². The van der Waals surface area contributed by atoms with E-state index in [0.717, 1.165) is 27.1 Å². The minimum atomic E-state index is 0.0719. The molecule has 3 N–H and O–H groups in total. The van der Waals surface area contributed by atoms with Gasteiger partial charge in [-0.3, -0.25) is 5.41 Å². The fourth-order valence-corrected chi connectivity index (χ4v) is 1.90.